The molecule has 1 aliphatic carbocycles. The number of rotatable bonds is 7. The zero-order valence-corrected chi connectivity index (χ0v) is 22.7. The van der Waals surface area contributed by atoms with E-state index in [0.717, 1.165) is 28.7 Å². The molecule has 0 N–H and O–H groups in total. The van der Waals surface area contributed by atoms with Gasteiger partial charge in [0.25, 0.3) is 5.56 Å². The number of ketones is 2. The molecule has 7 nitrogen and oxygen atoms in total. The van der Waals surface area contributed by atoms with Crippen molar-refractivity contribution in [3.8, 4) is 11.1 Å². The summed E-state index contributed by atoms with van der Waals surface area (Å²) in [5.41, 5.74) is 4.61. The quantitative estimate of drug-likeness (QED) is 0.354. The summed E-state index contributed by atoms with van der Waals surface area (Å²) in [6.45, 7) is 4.01. The van der Waals surface area contributed by atoms with Crippen LogP contribution in [0.25, 0.3) is 11.1 Å². The first-order chi connectivity index (χ1) is 18.7. The largest absolute Gasteiger partial charge is 0.341 e. The molecule has 0 radical (unpaired) electrons. The van der Waals surface area contributed by atoms with Gasteiger partial charge >= 0.3 is 5.97 Å². The lowest BCUT2D eigenvalue weighted by Gasteiger charge is -2.24. The van der Waals surface area contributed by atoms with Gasteiger partial charge < -0.3 is 9.40 Å². The van der Waals surface area contributed by atoms with Crippen LogP contribution in [-0.4, -0.2) is 27.8 Å². The minimum Gasteiger partial charge on any atom is -0.318 e. The maximum absolute atomic E-state index is 13.7. The number of fused-ring (bicyclic) bond motifs is 3. The minimum atomic E-state index is -0.718. The van der Waals surface area contributed by atoms with Crippen LogP contribution in [0.2, 0.25) is 5.02 Å². The fourth-order valence-corrected chi connectivity index (χ4v) is 5.44. The van der Waals surface area contributed by atoms with Gasteiger partial charge in [-0.15, -0.1) is 0 Å². The third kappa shape index (κ3) is 5.78. The lowest BCUT2D eigenvalue weighted by atomic mass is 9.88. The van der Waals surface area contributed by atoms with Crippen molar-refractivity contribution in [2.45, 2.75) is 58.4 Å². The molecule has 1 aliphatic heterocycles. The number of nitrogens with zero attached hydrogens (tertiary/aromatic N) is 2. The molecule has 0 amide bonds. The summed E-state index contributed by atoms with van der Waals surface area (Å²) in [7, 11) is 0. The molecule has 2 aliphatic rings. The predicted octanol–water partition coefficient (Wildman–Crippen LogP) is 5.74. The van der Waals surface area contributed by atoms with Crippen LogP contribution in [0.4, 0.5) is 0 Å². The van der Waals surface area contributed by atoms with Gasteiger partial charge in [0, 0.05) is 35.7 Å². The van der Waals surface area contributed by atoms with Crippen molar-refractivity contribution in [3.63, 3.8) is 0 Å². The number of benzene rings is 2. The van der Waals surface area contributed by atoms with Gasteiger partial charge in [-0.2, -0.15) is 0 Å². The Morgan fingerprint density at radius 2 is 1.77 bits per heavy atom. The summed E-state index contributed by atoms with van der Waals surface area (Å²) in [6.07, 6.45) is 4.07. The van der Waals surface area contributed by atoms with Gasteiger partial charge in [-0.3, -0.25) is 14.4 Å². The highest BCUT2D eigenvalue weighted by molar-refractivity contribution is 6.31. The molecule has 39 heavy (non-hydrogen) atoms. The van der Waals surface area contributed by atoms with E-state index >= 15 is 0 Å². The molecule has 3 aromatic rings. The van der Waals surface area contributed by atoms with Crippen LogP contribution in [0.1, 0.15) is 72.6 Å². The highest BCUT2D eigenvalue weighted by Gasteiger charge is 2.27. The fourth-order valence-electron chi connectivity index (χ4n) is 5.27. The molecular weight excluding hydrogens is 516 g/mol. The molecule has 8 heteroatoms. The summed E-state index contributed by atoms with van der Waals surface area (Å²) in [4.78, 5) is 56.4. The molecule has 5 rings (SSSR count). The van der Waals surface area contributed by atoms with Gasteiger partial charge in [-0.1, -0.05) is 60.9 Å². The summed E-state index contributed by atoms with van der Waals surface area (Å²) in [5, 5.41) is 4.32. The number of oxime groups is 1. The van der Waals surface area contributed by atoms with Crippen molar-refractivity contribution >= 4 is 34.8 Å². The first-order valence-electron chi connectivity index (χ1n) is 13.2. The van der Waals surface area contributed by atoms with Crippen molar-refractivity contribution in [1.82, 2.24) is 4.57 Å². The van der Waals surface area contributed by atoms with Gasteiger partial charge in [0.15, 0.2) is 11.6 Å². The predicted molar refractivity (Wildman–Crippen MR) is 149 cm³/mol. The van der Waals surface area contributed by atoms with Crippen molar-refractivity contribution in [2.75, 3.05) is 0 Å². The molecule has 1 atom stereocenters. The molecule has 0 fully saturated rings. The van der Waals surface area contributed by atoms with E-state index in [1.807, 2.05) is 38.1 Å². The Morgan fingerprint density at radius 3 is 2.46 bits per heavy atom. The first kappa shape index (κ1) is 26.8. The Labute approximate surface area is 231 Å². The summed E-state index contributed by atoms with van der Waals surface area (Å²) >= 11 is 6.28. The van der Waals surface area contributed by atoms with Crippen molar-refractivity contribution in [2.24, 2.45) is 11.1 Å². The van der Waals surface area contributed by atoms with Crippen LogP contribution in [-0.2, 0) is 27.3 Å². The molecule has 0 saturated carbocycles. The van der Waals surface area contributed by atoms with E-state index in [9.17, 15) is 19.2 Å². The van der Waals surface area contributed by atoms with Crippen LogP contribution in [0.15, 0.2) is 64.7 Å². The van der Waals surface area contributed by atoms with Crippen LogP contribution < -0.4 is 5.56 Å². The number of Topliss-reactive ketones (excluding diaryl/α,β-unsaturated/α-hetero) is 2. The van der Waals surface area contributed by atoms with E-state index in [1.165, 1.54) is 10.6 Å². The third-order valence-electron chi connectivity index (χ3n) is 7.23. The summed E-state index contributed by atoms with van der Waals surface area (Å²) in [5.74, 6) is -0.416. The monoisotopic (exact) mass is 544 g/mol. The Balaban J connectivity index is 1.49. The van der Waals surface area contributed by atoms with E-state index in [-0.39, 0.29) is 35.9 Å². The van der Waals surface area contributed by atoms with E-state index < -0.39 is 12.0 Å². The number of carbonyl (C=O) groups is 3. The molecule has 0 bridgehead atoms. The summed E-state index contributed by atoms with van der Waals surface area (Å²) < 4.78 is 1.44. The van der Waals surface area contributed by atoms with Crippen LogP contribution >= 0.6 is 11.6 Å². The van der Waals surface area contributed by atoms with Crippen LogP contribution in [0, 0.1) is 5.92 Å². The number of hydrogen-bond donors (Lipinski definition) is 0. The average Bonchev–Trinajstić information content (AvgIpc) is 3.33. The smallest absolute Gasteiger partial charge is 0.318 e. The normalized spacial score (nSPS) is 15.6. The van der Waals surface area contributed by atoms with Crippen molar-refractivity contribution < 1.29 is 19.2 Å². The Hall–Kier alpha value is -3.84. The molecule has 2 aromatic carbocycles. The van der Waals surface area contributed by atoms with Gasteiger partial charge in [0.05, 0.1) is 18.2 Å². The molecular formula is C31H29ClN2O5. The second-order valence-corrected chi connectivity index (χ2v) is 11.0. The maximum atomic E-state index is 13.7. The number of halogens is 1. The number of carbonyl (C=O) groups excluding carboxylic acids is 3. The molecule has 0 spiro atoms. The Morgan fingerprint density at radius 1 is 1.00 bits per heavy atom. The number of aryl methyl sites for hydroxylation is 1. The Kier molecular flexibility index (Phi) is 7.62. The SMILES string of the molecule is CC(C)CC(C(=O)Cc1ccc(C2=NOC(=O)C2)cc1)n1cc2c(cc1=O)-c1cc(Cl)ccc1CCCC2=O. The minimum absolute atomic E-state index is 0.0481. The standard InChI is InChI=1S/C31H29ClN2O5/c1-18(2)12-27(29(36)13-19-6-8-21(9-7-19)26-16-31(38)39-33-26)34-17-25-24(15-30(34)37)23-14-22(32)11-10-20(23)4-3-5-28(25)35/h6-11,14-15,17-18,27H,3-5,12-13,16H2,1-2H3. The zero-order valence-electron chi connectivity index (χ0n) is 21.9. The number of hydrogen-bond acceptors (Lipinski definition) is 6. The van der Waals surface area contributed by atoms with Gasteiger partial charge in [0.2, 0.25) is 0 Å². The average molecular weight is 545 g/mol. The lowest BCUT2D eigenvalue weighted by molar-refractivity contribution is -0.140. The van der Waals surface area contributed by atoms with Crippen molar-refractivity contribution in [3.05, 3.63) is 92.4 Å². The highest BCUT2D eigenvalue weighted by atomic mass is 35.5. The van der Waals surface area contributed by atoms with Crippen LogP contribution in [0.5, 0.6) is 0 Å². The zero-order chi connectivity index (χ0) is 27.7. The van der Waals surface area contributed by atoms with Gasteiger partial charge in [0.1, 0.15) is 0 Å². The van der Waals surface area contributed by atoms with E-state index in [4.69, 9.17) is 11.6 Å². The van der Waals surface area contributed by atoms with Crippen molar-refractivity contribution in [1.29, 1.82) is 0 Å². The topological polar surface area (TPSA) is 94.8 Å². The van der Waals surface area contributed by atoms with E-state index in [0.29, 0.717) is 41.1 Å². The Bertz CT molecular complexity index is 1550. The molecule has 200 valence electrons. The lowest BCUT2D eigenvalue weighted by Crippen LogP contribution is -2.32. The molecule has 2 heterocycles. The number of pyridine rings is 1. The van der Waals surface area contributed by atoms with E-state index in [2.05, 4.69) is 9.99 Å². The van der Waals surface area contributed by atoms with Crippen LogP contribution in [0.3, 0.4) is 0 Å². The highest BCUT2D eigenvalue weighted by Crippen LogP contribution is 2.33. The molecule has 0 saturated heterocycles. The van der Waals surface area contributed by atoms with Gasteiger partial charge in [-0.25, -0.2) is 4.79 Å². The maximum Gasteiger partial charge on any atom is 0.341 e. The van der Waals surface area contributed by atoms with E-state index in [1.54, 1.807) is 24.4 Å². The number of aromatic nitrogens is 1. The fraction of sp³-hybridized carbons (Fsp3) is 0.323. The second kappa shape index (κ2) is 11.1. The third-order valence-corrected chi connectivity index (χ3v) is 7.47. The first-order valence-corrected chi connectivity index (χ1v) is 13.5. The van der Waals surface area contributed by atoms with Gasteiger partial charge in [-0.05, 0) is 65.1 Å². The summed E-state index contributed by atoms with van der Waals surface area (Å²) in [6, 6.07) is 13.6. The second-order valence-electron chi connectivity index (χ2n) is 10.6. The molecule has 1 unspecified atom stereocenters. The molecule has 1 aromatic heterocycles.